The van der Waals surface area contributed by atoms with E-state index in [0.717, 1.165) is 26.2 Å². The number of likely N-dealkylation sites (tertiary alicyclic amines) is 1. The number of carbonyl (C=O) groups is 1. The van der Waals surface area contributed by atoms with Crippen molar-refractivity contribution in [2.45, 2.75) is 33.2 Å². The summed E-state index contributed by atoms with van der Waals surface area (Å²) in [6.45, 7) is 9.29. The summed E-state index contributed by atoms with van der Waals surface area (Å²) in [6.07, 6.45) is 1.04. The number of likely N-dealkylation sites (N-methyl/N-ethyl adjacent to an activating group) is 1. The van der Waals surface area contributed by atoms with Crippen molar-refractivity contribution in [3.05, 3.63) is 0 Å². The molecule has 0 aromatic carbocycles. The third kappa shape index (κ3) is 0.842. The van der Waals surface area contributed by atoms with E-state index in [0.29, 0.717) is 22.0 Å². The molecule has 0 unspecified atom stereocenters. The van der Waals surface area contributed by atoms with Crippen LogP contribution in [-0.4, -0.2) is 43.5 Å². The molecule has 0 bridgehead atoms. The van der Waals surface area contributed by atoms with Crippen LogP contribution in [0.15, 0.2) is 0 Å². The minimum absolute atomic E-state index is 0.138. The minimum Gasteiger partial charge on any atom is -0.380 e. The monoisotopic (exact) mass is 223 g/mol. The number of ether oxygens (including phenoxy) is 1. The first-order valence-corrected chi connectivity index (χ1v) is 6.16. The van der Waals surface area contributed by atoms with E-state index in [1.807, 2.05) is 0 Å². The van der Waals surface area contributed by atoms with Crippen LogP contribution in [-0.2, 0) is 9.53 Å². The Hall–Kier alpha value is -0.410. The van der Waals surface area contributed by atoms with Gasteiger partial charge in [0.25, 0.3) is 0 Å². The summed E-state index contributed by atoms with van der Waals surface area (Å²) < 4.78 is 5.45. The molecule has 3 heteroatoms. The molecule has 0 N–H and O–H groups in total. The van der Waals surface area contributed by atoms with Crippen LogP contribution in [0.3, 0.4) is 0 Å². The van der Waals surface area contributed by atoms with E-state index in [2.05, 4.69) is 25.8 Å². The maximum absolute atomic E-state index is 11.6. The van der Waals surface area contributed by atoms with Gasteiger partial charge in [-0.2, -0.15) is 0 Å². The molecule has 3 aliphatic rings. The lowest BCUT2D eigenvalue weighted by Gasteiger charge is -2.32. The van der Waals surface area contributed by atoms with Crippen molar-refractivity contribution < 1.29 is 9.53 Å². The van der Waals surface area contributed by atoms with E-state index in [9.17, 15) is 4.79 Å². The molecule has 0 aromatic heterocycles. The average Bonchev–Trinajstić information content (AvgIpc) is 2.38. The fraction of sp³-hybridized carbons (Fsp3) is 0.923. The van der Waals surface area contributed by atoms with Gasteiger partial charge >= 0.3 is 0 Å². The molecule has 16 heavy (non-hydrogen) atoms. The smallest absolute Gasteiger partial charge is 0.146 e. The molecule has 0 amide bonds. The highest BCUT2D eigenvalue weighted by atomic mass is 16.5. The Morgan fingerprint density at radius 3 is 2.25 bits per heavy atom. The van der Waals surface area contributed by atoms with E-state index >= 15 is 0 Å². The lowest BCUT2D eigenvalue weighted by atomic mass is 9.88. The molecule has 2 saturated heterocycles. The highest BCUT2D eigenvalue weighted by molar-refractivity contribution is 5.82. The van der Waals surface area contributed by atoms with Crippen molar-refractivity contribution >= 4 is 5.78 Å². The Labute approximate surface area is 97.1 Å². The Balaban J connectivity index is 1.91. The van der Waals surface area contributed by atoms with Gasteiger partial charge in [0.2, 0.25) is 0 Å². The number of hydrogen-bond acceptors (Lipinski definition) is 3. The number of fused-ring (bicyclic) bond motifs is 1. The molecule has 2 aliphatic heterocycles. The Bertz CT molecular complexity index is 359. The average molecular weight is 223 g/mol. The Morgan fingerprint density at radius 2 is 1.94 bits per heavy atom. The summed E-state index contributed by atoms with van der Waals surface area (Å²) in [5.41, 5.74) is 1.05. The van der Waals surface area contributed by atoms with E-state index < -0.39 is 0 Å². The Kier molecular flexibility index (Phi) is 1.81. The molecule has 1 saturated carbocycles. The second kappa shape index (κ2) is 2.70. The third-order valence-corrected chi connectivity index (χ3v) is 6.01. The zero-order chi connectivity index (χ0) is 11.8. The standard InChI is InChI=1S/C13H21NO2/c1-9(15)10-5-12(6-14(10)4)11(2,3)13(12)7-16-8-13/h10H,5-8H2,1-4H3/t10-,12-/m0/s1. The quantitative estimate of drug-likeness (QED) is 0.671. The van der Waals surface area contributed by atoms with E-state index in [1.165, 1.54) is 0 Å². The van der Waals surface area contributed by atoms with Crippen molar-refractivity contribution in [3.8, 4) is 0 Å². The van der Waals surface area contributed by atoms with Crippen LogP contribution >= 0.6 is 0 Å². The normalized spacial score (nSPS) is 43.6. The number of carbonyl (C=O) groups excluding carboxylic acids is 1. The van der Waals surface area contributed by atoms with Crippen LogP contribution in [0.1, 0.15) is 27.2 Å². The zero-order valence-corrected chi connectivity index (χ0v) is 10.7. The summed E-state index contributed by atoms with van der Waals surface area (Å²) in [7, 11) is 2.09. The number of ketones is 1. The van der Waals surface area contributed by atoms with Gasteiger partial charge in [0.1, 0.15) is 5.78 Å². The second-order valence-electron chi connectivity index (χ2n) is 6.53. The van der Waals surface area contributed by atoms with Crippen LogP contribution in [0.25, 0.3) is 0 Å². The molecule has 90 valence electrons. The topological polar surface area (TPSA) is 29.5 Å². The second-order valence-corrected chi connectivity index (χ2v) is 6.53. The van der Waals surface area contributed by atoms with Gasteiger partial charge in [0, 0.05) is 17.4 Å². The Morgan fingerprint density at radius 1 is 1.31 bits per heavy atom. The van der Waals surface area contributed by atoms with E-state index in [-0.39, 0.29) is 6.04 Å². The first kappa shape index (κ1) is 10.7. The van der Waals surface area contributed by atoms with Gasteiger partial charge < -0.3 is 4.74 Å². The minimum atomic E-state index is 0.138. The van der Waals surface area contributed by atoms with Gasteiger partial charge in [-0.3, -0.25) is 9.69 Å². The summed E-state index contributed by atoms with van der Waals surface area (Å²) in [5.74, 6) is 0.317. The molecule has 0 aromatic rings. The molecule has 3 rings (SSSR count). The van der Waals surface area contributed by atoms with Crippen molar-refractivity contribution in [3.63, 3.8) is 0 Å². The maximum atomic E-state index is 11.6. The predicted octanol–water partition coefficient (Wildman–Crippen LogP) is 1.32. The fourth-order valence-corrected chi connectivity index (χ4v) is 4.54. The molecular weight excluding hydrogens is 202 g/mol. The summed E-state index contributed by atoms with van der Waals surface area (Å²) in [5, 5.41) is 0. The summed E-state index contributed by atoms with van der Waals surface area (Å²) in [4.78, 5) is 13.9. The lowest BCUT2D eigenvalue weighted by molar-refractivity contribution is -0.120. The molecule has 2 spiro atoms. The number of Topliss-reactive ketones (excluding diaryl/α,β-unsaturated/α-hetero) is 1. The first-order valence-electron chi connectivity index (χ1n) is 6.16. The van der Waals surface area contributed by atoms with Crippen LogP contribution in [0.2, 0.25) is 0 Å². The zero-order valence-electron chi connectivity index (χ0n) is 10.7. The SMILES string of the molecule is CC(=O)[C@@H]1C[C@]2(CN1C)C(C)(C)C21COC1. The van der Waals surface area contributed by atoms with Gasteiger partial charge in [-0.25, -0.2) is 0 Å². The molecule has 3 nitrogen and oxygen atoms in total. The summed E-state index contributed by atoms with van der Waals surface area (Å²) >= 11 is 0. The molecule has 2 atom stereocenters. The van der Waals surface area contributed by atoms with Crippen LogP contribution in [0.4, 0.5) is 0 Å². The van der Waals surface area contributed by atoms with Crippen LogP contribution < -0.4 is 0 Å². The van der Waals surface area contributed by atoms with Crippen molar-refractivity contribution in [1.82, 2.24) is 4.90 Å². The molecular formula is C13H21NO2. The molecule has 0 radical (unpaired) electrons. The van der Waals surface area contributed by atoms with Crippen molar-refractivity contribution in [2.75, 3.05) is 26.8 Å². The number of hydrogen-bond donors (Lipinski definition) is 0. The van der Waals surface area contributed by atoms with Gasteiger partial charge in [-0.1, -0.05) is 13.8 Å². The van der Waals surface area contributed by atoms with Crippen molar-refractivity contribution in [1.29, 1.82) is 0 Å². The number of rotatable bonds is 1. The van der Waals surface area contributed by atoms with E-state index in [4.69, 9.17) is 4.74 Å². The molecule has 2 heterocycles. The molecule has 3 fully saturated rings. The highest BCUT2D eigenvalue weighted by Crippen LogP contribution is 2.83. The van der Waals surface area contributed by atoms with Crippen molar-refractivity contribution in [2.24, 2.45) is 16.2 Å². The third-order valence-electron chi connectivity index (χ3n) is 6.01. The van der Waals surface area contributed by atoms with Crippen LogP contribution in [0, 0.1) is 16.2 Å². The van der Waals surface area contributed by atoms with E-state index in [1.54, 1.807) is 6.92 Å². The van der Waals surface area contributed by atoms with Gasteiger partial charge in [0.05, 0.1) is 19.3 Å². The number of nitrogens with zero attached hydrogens (tertiary/aromatic N) is 1. The van der Waals surface area contributed by atoms with Gasteiger partial charge in [0.15, 0.2) is 0 Å². The lowest BCUT2D eigenvalue weighted by Crippen LogP contribution is -2.37. The largest absolute Gasteiger partial charge is 0.380 e. The predicted molar refractivity (Wildman–Crippen MR) is 61.2 cm³/mol. The van der Waals surface area contributed by atoms with Crippen LogP contribution in [0.5, 0.6) is 0 Å². The van der Waals surface area contributed by atoms with Gasteiger partial charge in [-0.05, 0) is 25.8 Å². The van der Waals surface area contributed by atoms with Gasteiger partial charge in [-0.15, -0.1) is 0 Å². The maximum Gasteiger partial charge on any atom is 0.146 e. The molecule has 1 aliphatic carbocycles. The highest BCUT2D eigenvalue weighted by Gasteiger charge is 2.85. The first-order chi connectivity index (χ1) is 7.38. The fourth-order valence-electron chi connectivity index (χ4n) is 4.54. The summed E-state index contributed by atoms with van der Waals surface area (Å²) in [6, 6.07) is 0.138.